The van der Waals surface area contributed by atoms with Gasteiger partial charge in [0.1, 0.15) is 17.7 Å². The van der Waals surface area contributed by atoms with E-state index in [9.17, 15) is 18.4 Å². The van der Waals surface area contributed by atoms with Gasteiger partial charge in [-0.25, -0.2) is 8.78 Å². The molecule has 1 atom stereocenters. The van der Waals surface area contributed by atoms with Crippen LogP contribution >= 0.6 is 0 Å². The third-order valence-electron chi connectivity index (χ3n) is 3.62. The van der Waals surface area contributed by atoms with Gasteiger partial charge in [-0.05, 0) is 31.4 Å². The third-order valence-corrected chi connectivity index (χ3v) is 3.62. The number of likely N-dealkylation sites (tertiary alicyclic amines) is 1. The Morgan fingerprint density at radius 1 is 1.33 bits per heavy atom. The summed E-state index contributed by atoms with van der Waals surface area (Å²) < 4.78 is 26.4. The summed E-state index contributed by atoms with van der Waals surface area (Å²) in [5, 5.41) is 2.44. The normalized spacial score (nSPS) is 18.4. The second-order valence-electron chi connectivity index (χ2n) is 5.07. The van der Waals surface area contributed by atoms with Crippen molar-refractivity contribution in [3.63, 3.8) is 0 Å². The molecule has 21 heavy (non-hydrogen) atoms. The molecule has 114 valence electrons. The van der Waals surface area contributed by atoms with Crippen LogP contribution in [0.5, 0.6) is 0 Å². The van der Waals surface area contributed by atoms with Crippen molar-refractivity contribution in [2.24, 2.45) is 0 Å². The second-order valence-corrected chi connectivity index (χ2v) is 5.07. The molecule has 0 saturated carbocycles. The summed E-state index contributed by atoms with van der Waals surface area (Å²) in [6, 6.07) is 2.38. The number of rotatable bonds is 3. The maximum Gasteiger partial charge on any atom is 0.247 e. The zero-order chi connectivity index (χ0) is 15.4. The van der Waals surface area contributed by atoms with E-state index in [1.165, 1.54) is 6.07 Å². The highest BCUT2D eigenvalue weighted by atomic mass is 19.1. The molecule has 1 saturated heterocycles. The van der Waals surface area contributed by atoms with Gasteiger partial charge >= 0.3 is 0 Å². The summed E-state index contributed by atoms with van der Waals surface area (Å²) in [4.78, 5) is 25.7. The lowest BCUT2D eigenvalue weighted by Crippen LogP contribution is -2.49. The van der Waals surface area contributed by atoms with Crippen molar-refractivity contribution in [2.75, 3.05) is 11.9 Å². The van der Waals surface area contributed by atoms with E-state index in [1.54, 1.807) is 11.8 Å². The van der Waals surface area contributed by atoms with Crippen molar-refractivity contribution in [2.45, 2.75) is 38.6 Å². The van der Waals surface area contributed by atoms with Crippen LogP contribution in [0.15, 0.2) is 18.2 Å². The molecule has 1 fully saturated rings. The lowest BCUT2D eigenvalue weighted by atomic mass is 10.0. The van der Waals surface area contributed by atoms with E-state index < -0.39 is 23.6 Å². The van der Waals surface area contributed by atoms with E-state index in [4.69, 9.17) is 0 Å². The Hall–Kier alpha value is -1.98. The fourth-order valence-corrected chi connectivity index (χ4v) is 2.51. The molecule has 1 aromatic rings. The zero-order valence-corrected chi connectivity index (χ0v) is 11.9. The molecule has 0 bridgehead atoms. The highest BCUT2D eigenvalue weighted by Crippen LogP contribution is 2.21. The maximum absolute atomic E-state index is 13.6. The minimum Gasteiger partial charge on any atom is -0.331 e. The fraction of sp³-hybridized carbons (Fsp3) is 0.467. The molecule has 1 aliphatic heterocycles. The summed E-state index contributed by atoms with van der Waals surface area (Å²) in [7, 11) is 0. The molecule has 2 rings (SSSR count). The van der Waals surface area contributed by atoms with Crippen LogP contribution in [-0.4, -0.2) is 29.3 Å². The highest BCUT2D eigenvalue weighted by molar-refractivity contribution is 5.97. The van der Waals surface area contributed by atoms with Gasteiger partial charge in [0.15, 0.2) is 0 Å². The van der Waals surface area contributed by atoms with Gasteiger partial charge in [0.05, 0.1) is 5.69 Å². The Balaban J connectivity index is 2.12. The molecule has 1 aliphatic rings. The number of nitrogens with zero attached hydrogens (tertiary/aromatic N) is 1. The SMILES string of the molecule is CCC(=O)N1CCCCC1C(=O)Nc1ccc(F)cc1F. The Bertz CT molecular complexity index is 548. The molecule has 6 heteroatoms. The Labute approximate surface area is 122 Å². The van der Waals surface area contributed by atoms with Crippen LogP contribution in [0.1, 0.15) is 32.6 Å². The van der Waals surface area contributed by atoms with Crippen LogP contribution in [0.4, 0.5) is 14.5 Å². The number of nitrogens with one attached hydrogen (secondary N) is 1. The molecule has 1 unspecified atom stereocenters. The van der Waals surface area contributed by atoms with Crippen LogP contribution in [0, 0.1) is 11.6 Å². The van der Waals surface area contributed by atoms with Crippen LogP contribution < -0.4 is 5.32 Å². The number of anilines is 1. The Morgan fingerprint density at radius 3 is 2.76 bits per heavy atom. The lowest BCUT2D eigenvalue weighted by molar-refractivity contribution is -0.140. The number of amides is 2. The minimum atomic E-state index is -0.826. The van der Waals surface area contributed by atoms with Gasteiger partial charge in [-0.1, -0.05) is 6.92 Å². The van der Waals surface area contributed by atoms with E-state index in [1.807, 2.05) is 0 Å². The average molecular weight is 296 g/mol. The molecule has 0 spiro atoms. The highest BCUT2D eigenvalue weighted by Gasteiger charge is 2.31. The van der Waals surface area contributed by atoms with Crippen molar-refractivity contribution < 1.29 is 18.4 Å². The number of halogens is 2. The van der Waals surface area contributed by atoms with Gasteiger partial charge in [-0.3, -0.25) is 9.59 Å². The van der Waals surface area contributed by atoms with Crippen LogP contribution in [-0.2, 0) is 9.59 Å². The van der Waals surface area contributed by atoms with Gasteiger partial charge in [0.2, 0.25) is 11.8 Å². The number of hydrogen-bond acceptors (Lipinski definition) is 2. The lowest BCUT2D eigenvalue weighted by Gasteiger charge is -2.34. The van der Waals surface area contributed by atoms with Gasteiger partial charge < -0.3 is 10.2 Å². The zero-order valence-electron chi connectivity index (χ0n) is 11.9. The van der Waals surface area contributed by atoms with E-state index in [0.717, 1.165) is 18.9 Å². The van der Waals surface area contributed by atoms with Crippen molar-refractivity contribution >= 4 is 17.5 Å². The minimum absolute atomic E-state index is 0.0733. The topological polar surface area (TPSA) is 49.4 Å². The monoisotopic (exact) mass is 296 g/mol. The smallest absolute Gasteiger partial charge is 0.247 e. The molecular formula is C15H18F2N2O2. The number of carbonyl (C=O) groups is 2. The van der Waals surface area contributed by atoms with Crippen LogP contribution in [0.2, 0.25) is 0 Å². The molecule has 1 aromatic carbocycles. The predicted octanol–water partition coefficient (Wildman–Crippen LogP) is 2.69. The van der Waals surface area contributed by atoms with Crippen molar-refractivity contribution in [1.82, 2.24) is 4.90 Å². The van der Waals surface area contributed by atoms with Gasteiger partial charge in [0.25, 0.3) is 0 Å². The van der Waals surface area contributed by atoms with Crippen LogP contribution in [0.25, 0.3) is 0 Å². The first kappa shape index (κ1) is 15.4. The predicted molar refractivity (Wildman–Crippen MR) is 74.6 cm³/mol. The molecule has 0 aliphatic carbocycles. The first-order valence-corrected chi connectivity index (χ1v) is 7.08. The summed E-state index contributed by atoms with van der Waals surface area (Å²) in [5.41, 5.74) is -0.0733. The number of hydrogen-bond donors (Lipinski definition) is 1. The van der Waals surface area contributed by atoms with E-state index in [2.05, 4.69) is 5.32 Å². The quantitative estimate of drug-likeness (QED) is 0.932. The Kier molecular flexibility index (Phi) is 4.88. The second kappa shape index (κ2) is 6.65. The Morgan fingerprint density at radius 2 is 2.10 bits per heavy atom. The van der Waals surface area contributed by atoms with Crippen molar-refractivity contribution in [3.8, 4) is 0 Å². The average Bonchev–Trinajstić information content (AvgIpc) is 2.49. The summed E-state index contributed by atoms with van der Waals surface area (Å²) in [5.74, 6) is -2.05. The molecule has 1 heterocycles. The number of benzene rings is 1. The fourth-order valence-electron chi connectivity index (χ4n) is 2.51. The van der Waals surface area contributed by atoms with Crippen LogP contribution in [0.3, 0.4) is 0 Å². The molecular weight excluding hydrogens is 278 g/mol. The first-order chi connectivity index (χ1) is 10.0. The van der Waals surface area contributed by atoms with E-state index >= 15 is 0 Å². The summed E-state index contributed by atoms with van der Waals surface area (Å²) in [6.45, 7) is 2.28. The van der Waals surface area contributed by atoms with E-state index in [0.29, 0.717) is 25.5 Å². The number of piperidine rings is 1. The molecule has 0 radical (unpaired) electrons. The summed E-state index contributed by atoms with van der Waals surface area (Å²) in [6.07, 6.45) is 2.59. The van der Waals surface area contributed by atoms with Crippen molar-refractivity contribution in [1.29, 1.82) is 0 Å². The van der Waals surface area contributed by atoms with Crippen molar-refractivity contribution in [3.05, 3.63) is 29.8 Å². The molecule has 1 N–H and O–H groups in total. The largest absolute Gasteiger partial charge is 0.331 e. The van der Waals surface area contributed by atoms with E-state index in [-0.39, 0.29) is 11.6 Å². The van der Waals surface area contributed by atoms with Gasteiger partial charge in [-0.15, -0.1) is 0 Å². The molecule has 2 amide bonds. The maximum atomic E-state index is 13.6. The molecule has 4 nitrogen and oxygen atoms in total. The number of carbonyl (C=O) groups excluding carboxylic acids is 2. The third kappa shape index (κ3) is 3.56. The van der Waals surface area contributed by atoms with Gasteiger partial charge in [-0.2, -0.15) is 0 Å². The summed E-state index contributed by atoms with van der Waals surface area (Å²) >= 11 is 0. The van der Waals surface area contributed by atoms with Gasteiger partial charge in [0, 0.05) is 19.0 Å². The molecule has 0 aromatic heterocycles. The first-order valence-electron chi connectivity index (χ1n) is 7.08. The standard InChI is InChI=1S/C15H18F2N2O2/c1-2-14(20)19-8-4-3-5-13(19)15(21)18-12-7-6-10(16)9-11(12)17/h6-7,9,13H,2-5,8H2,1H3,(H,18,21).